The van der Waals surface area contributed by atoms with E-state index in [-0.39, 0.29) is 17.8 Å². The van der Waals surface area contributed by atoms with E-state index in [1.807, 2.05) is 52.9 Å². The second kappa shape index (κ2) is 9.13. The van der Waals surface area contributed by atoms with Crippen molar-refractivity contribution in [3.63, 3.8) is 0 Å². The Balaban J connectivity index is 1.46. The molecule has 164 valence electrons. The summed E-state index contributed by atoms with van der Waals surface area (Å²) in [6.45, 7) is 1.32. The van der Waals surface area contributed by atoms with E-state index in [1.165, 1.54) is 11.8 Å². The molecule has 4 aromatic rings. The van der Waals surface area contributed by atoms with Crippen molar-refractivity contribution in [2.45, 2.75) is 24.1 Å². The Hall–Kier alpha value is -3.17. The number of para-hydroxylation sites is 1. The van der Waals surface area contributed by atoms with Crippen molar-refractivity contribution in [1.29, 1.82) is 0 Å². The summed E-state index contributed by atoms with van der Waals surface area (Å²) < 4.78 is 12.8. The number of amides is 1. The molecule has 0 saturated carbocycles. The van der Waals surface area contributed by atoms with Crippen LogP contribution >= 0.6 is 11.8 Å². The molecule has 9 heteroatoms. The van der Waals surface area contributed by atoms with Crippen molar-refractivity contribution < 1.29 is 14.3 Å². The van der Waals surface area contributed by atoms with Crippen molar-refractivity contribution in [1.82, 2.24) is 24.9 Å². The number of aromatic nitrogens is 4. The van der Waals surface area contributed by atoms with E-state index in [0.717, 1.165) is 41.7 Å². The Morgan fingerprint density at radius 3 is 2.84 bits per heavy atom. The van der Waals surface area contributed by atoms with E-state index in [0.29, 0.717) is 23.2 Å². The quantitative estimate of drug-likeness (QED) is 0.433. The summed E-state index contributed by atoms with van der Waals surface area (Å²) in [6.07, 6.45) is 2.16. The Morgan fingerprint density at radius 1 is 1.22 bits per heavy atom. The van der Waals surface area contributed by atoms with E-state index in [4.69, 9.17) is 14.5 Å². The summed E-state index contributed by atoms with van der Waals surface area (Å²) in [4.78, 5) is 17.3. The molecule has 0 unspecified atom stereocenters. The van der Waals surface area contributed by atoms with Crippen LogP contribution in [-0.2, 0) is 9.53 Å². The number of benzene rings is 2. The molecule has 1 aliphatic rings. The molecule has 1 saturated heterocycles. The minimum absolute atomic E-state index is 0.0537. The Kier molecular flexibility index (Phi) is 5.91. The Morgan fingerprint density at radius 2 is 2.06 bits per heavy atom. The van der Waals surface area contributed by atoms with E-state index >= 15 is 0 Å². The summed E-state index contributed by atoms with van der Waals surface area (Å²) in [5.74, 6) is 1.67. The molecular weight excluding hydrogens is 426 g/mol. The third kappa shape index (κ3) is 4.13. The molecular formula is C23H23N5O3S. The van der Waals surface area contributed by atoms with Gasteiger partial charge in [-0.15, -0.1) is 10.2 Å². The molecule has 8 nitrogen and oxygen atoms in total. The molecule has 1 atom stereocenters. The first-order chi connectivity index (χ1) is 15.7. The van der Waals surface area contributed by atoms with Crippen LogP contribution in [0.15, 0.2) is 53.7 Å². The Labute approximate surface area is 189 Å². The van der Waals surface area contributed by atoms with E-state index in [1.54, 1.807) is 7.11 Å². The first-order valence-corrected chi connectivity index (χ1v) is 11.5. The first kappa shape index (κ1) is 20.7. The van der Waals surface area contributed by atoms with Gasteiger partial charge in [0.2, 0.25) is 5.91 Å². The molecule has 2 aromatic carbocycles. The highest BCUT2D eigenvalue weighted by atomic mass is 32.2. The lowest BCUT2D eigenvalue weighted by Crippen LogP contribution is -2.32. The zero-order chi connectivity index (χ0) is 21.9. The van der Waals surface area contributed by atoms with Crippen molar-refractivity contribution in [2.24, 2.45) is 0 Å². The first-order valence-electron chi connectivity index (χ1n) is 10.5. The van der Waals surface area contributed by atoms with Gasteiger partial charge in [-0.3, -0.25) is 9.20 Å². The van der Waals surface area contributed by atoms with Gasteiger partial charge in [0.15, 0.2) is 10.8 Å². The van der Waals surface area contributed by atoms with E-state index in [9.17, 15) is 4.79 Å². The van der Waals surface area contributed by atoms with Gasteiger partial charge in [-0.2, -0.15) is 0 Å². The minimum atomic E-state index is -0.0537. The zero-order valence-corrected chi connectivity index (χ0v) is 18.5. The fraction of sp³-hybridized carbons (Fsp3) is 0.304. The number of nitrogens with one attached hydrogen (secondary N) is 1. The highest BCUT2D eigenvalue weighted by Crippen LogP contribution is 2.29. The van der Waals surface area contributed by atoms with E-state index in [2.05, 4.69) is 15.5 Å². The predicted molar refractivity (Wildman–Crippen MR) is 123 cm³/mol. The molecule has 1 fully saturated rings. The maximum Gasteiger partial charge on any atom is 0.230 e. The second-order valence-electron chi connectivity index (χ2n) is 7.55. The lowest BCUT2D eigenvalue weighted by atomic mass is 10.1. The van der Waals surface area contributed by atoms with Crippen LogP contribution in [0.25, 0.3) is 27.9 Å². The maximum atomic E-state index is 12.4. The van der Waals surface area contributed by atoms with Crippen LogP contribution in [0.3, 0.4) is 0 Å². The van der Waals surface area contributed by atoms with Gasteiger partial charge in [0.05, 0.1) is 24.5 Å². The summed E-state index contributed by atoms with van der Waals surface area (Å²) in [5.41, 5.74) is 2.46. The summed E-state index contributed by atoms with van der Waals surface area (Å²) in [6, 6.07) is 15.6. The number of fused-ring (bicyclic) bond motifs is 3. The van der Waals surface area contributed by atoms with Crippen LogP contribution in [-0.4, -0.2) is 57.6 Å². The highest BCUT2D eigenvalue weighted by molar-refractivity contribution is 7.99. The maximum absolute atomic E-state index is 12.4. The van der Waals surface area contributed by atoms with Crippen molar-refractivity contribution in [3.05, 3.63) is 48.5 Å². The van der Waals surface area contributed by atoms with Gasteiger partial charge in [0, 0.05) is 24.1 Å². The SMILES string of the molecule is COc1ccc(-c2nc3ccccc3c3nnc(SCC(=O)NC[C@@H]4CCCO4)n23)cc1. The van der Waals surface area contributed by atoms with Crippen LogP contribution in [0.1, 0.15) is 12.8 Å². The van der Waals surface area contributed by atoms with Gasteiger partial charge in [-0.05, 0) is 49.2 Å². The number of ether oxygens (including phenoxy) is 2. The lowest BCUT2D eigenvalue weighted by molar-refractivity contribution is -0.119. The Bertz CT molecular complexity index is 1250. The molecule has 1 amide bonds. The number of carbonyl (C=O) groups excluding carboxylic acids is 1. The molecule has 0 radical (unpaired) electrons. The molecule has 1 N–H and O–H groups in total. The summed E-state index contributed by atoms with van der Waals surface area (Å²) in [5, 5.41) is 13.3. The van der Waals surface area contributed by atoms with Gasteiger partial charge in [0.25, 0.3) is 0 Å². The van der Waals surface area contributed by atoms with Crippen molar-refractivity contribution >= 4 is 34.2 Å². The second-order valence-corrected chi connectivity index (χ2v) is 8.49. The van der Waals surface area contributed by atoms with Crippen LogP contribution < -0.4 is 10.1 Å². The van der Waals surface area contributed by atoms with Crippen LogP contribution in [0.4, 0.5) is 0 Å². The minimum Gasteiger partial charge on any atom is -0.497 e. The molecule has 32 heavy (non-hydrogen) atoms. The van der Waals surface area contributed by atoms with Crippen LogP contribution in [0.2, 0.25) is 0 Å². The number of carbonyl (C=O) groups is 1. The highest BCUT2D eigenvalue weighted by Gasteiger charge is 2.19. The van der Waals surface area contributed by atoms with Gasteiger partial charge < -0.3 is 14.8 Å². The average Bonchev–Trinajstić information content (AvgIpc) is 3.51. The number of thioether (sulfide) groups is 1. The summed E-state index contributed by atoms with van der Waals surface area (Å²) in [7, 11) is 1.64. The summed E-state index contributed by atoms with van der Waals surface area (Å²) >= 11 is 1.34. The third-order valence-electron chi connectivity index (χ3n) is 5.45. The molecule has 0 bridgehead atoms. The van der Waals surface area contributed by atoms with Crippen LogP contribution in [0.5, 0.6) is 5.75 Å². The van der Waals surface area contributed by atoms with Gasteiger partial charge in [0.1, 0.15) is 11.6 Å². The normalized spacial score (nSPS) is 16.0. The van der Waals surface area contributed by atoms with Gasteiger partial charge in [-0.1, -0.05) is 23.9 Å². The molecule has 5 rings (SSSR count). The van der Waals surface area contributed by atoms with Crippen molar-refractivity contribution in [2.75, 3.05) is 26.0 Å². The fourth-order valence-corrected chi connectivity index (χ4v) is 4.56. The molecule has 3 heterocycles. The standard InChI is InChI=1S/C23H23N5O3S/c1-30-16-10-8-15(9-11-16)21-25-19-7-3-2-6-18(19)22-26-27-23(28(21)22)32-14-20(29)24-13-17-5-4-12-31-17/h2-3,6-11,17H,4-5,12-14H2,1H3,(H,24,29)/t17-/m0/s1. The predicted octanol–water partition coefficient (Wildman–Crippen LogP) is 3.34. The number of rotatable bonds is 7. The topological polar surface area (TPSA) is 90.6 Å². The van der Waals surface area contributed by atoms with E-state index < -0.39 is 0 Å². The molecule has 0 aliphatic carbocycles. The largest absolute Gasteiger partial charge is 0.497 e. The van der Waals surface area contributed by atoms with Crippen molar-refractivity contribution in [3.8, 4) is 17.1 Å². The van der Waals surface area contributed by atoms with Gasteiger partial charge in [-0.25, -0.2) is 4.98 Å². The monoisotopic (exact) mass is 449 g/mol. The average molecular weight is 450 g/mol. The lowest BCUT2D eigenvalue weighted by Gasteiger charge is -2.11. The number of methoxy groups -OCH3 is 1. The number of hydrogen-bond donors (Lipinski definition) is 1. The van der Waals surface area contributed by atoms with Crippen LogP contribution in [0, 0.1) is 0 Å². The molecule has 1 aliphatic heterocycles. The fourth-order valence-electron chi connectivity index (χ4n) is 3.80. The zero-order valence-electron chi connectivity index (χ0n) is 17.7. The smallest absolute Gasteiger partial charge is 0.230 e. The molecule has 2 aromatic heterocycles. The number of hydrogen-bond acceptors (Lipinski definition) is 7. The molecule has 0 spiro atoms. The number of nitrogens with zero attached hydrogens (tertiary/aromatic N) is 4. The van der Waals surface area contributed by atoms with Gasteiger partial charge >= 0.3 is 0 Å². The third-order valence-corrected chi connectivity index (χ3v) is 6.38.